The van der Waals surface area contributed by atoms with Crippen molar-refractivity contribution in [2.75, 3.05) is 0 Å². The maximum Gasteiger partial charge on any atom is 0.419 e. The molecule has 0 aliphatic carbocycles. The van der Waals surface area contributed by atoms with Crippen LogP contribution in [0, 0.1) is 6.92 Å². The molecule has 3 nitrogen and oxygen atoms in total. The second kappa shape index (κ2) is 5.47. The molecule has 0 atom stereocenters. The van der Waals surface area contributed by atoms with Crippen molar-refractivity contribution in [2.24, 2.45) is 0 Å². The summed E-state index contributed by atoms with van der Waals surface area (Å²) in [7, 11) is 0. The van der Waals surface area contributed by atoms with Gasteiger partial charge in [0, 0.05) is 5.56 Å². The molecule has 21 heavy (non-hydrogen) atoms. The normalized spacial score (nSPS) is 11.2. The summed E-state index contributed by atoms with van der Waals surface area (Å²) in [6.45, 7) is 1.48. The Labute approximate surface area is 118 Å². The van der Waals surface area contributed by atoms with Crippen molar-refractivity contribution in [2.45, 2.75) is 13.1 Å². The third-order valence-electron chi connectivity index (χ3n) is 2.93. The summed E-state index contributed by atoms with van der Waals surface area (Å²) in [6.07, 6.45) is -4.55. The van der Waals surface area contributed by atoms with Crippen molar-refractivity contribution >= 4 is 5.97 Å². The van der Waals surface area contributed by atoms with Crippen molar-refractivity contribution in [3.63, 3.8) is 0 Å². The fourth-order valence-electron chi connectivity index (χ4n) is 1.87. The van der Waals surface area contributed by atoms with E-state index in [1.54, 1.807) is 0 Å². The first-order valence-electron chi connectivity index (χ1n) is 5.97. The predicted octanol–water partition coefficient (Wildman–Crippen LogP) is 4.50. The Balaban J connectivity index is 2.45. The molecule has 0 heterocycles. The van der Waals surface area contributed by atoms with Crippen LogP contribution in [0.5, 0.6) is 11.5 Å². The average molecular weight is 296 g/mol. The third-order valence-corrected chi connectivity index (χ3v) is 2.93. The van der Waals surface area contributed by atoms with Gasteiger partial charge < -0.3 is 9.84 Å². The molecular weight excluding hydrogens is 285 g/mol. The number of ether oxygens (including phenoxy) is 1. The molecule has 0 aliphatic rings. The van der Waals surface area contributed by atoms with Crippen LogP contribution >= 0.6 is 0 Å². The number of carboxylic acid groups (broad SMARTS) is 1. The molecule has 6 heteroatoms. The fraction of sp³-hybridized carbons (Fsp3) is 0.133. The van der Waals surface area contributed by atoms with Gasteiger partial charge in [0.25, 0.3) is 0 Å². The molecule has 1 N–H and O–H groups in total. The smallest absolute Gasteiger partial charge is 0.419 e. The van der Waals surface area contributed by atoms with Crippen LogP contribution in [0.4, 0.5) is 13.2 Å². The van der Waals surface area contributed by atoms with E-state index in [9.17, 15) is 18.0 Å². The summed E-state index contributed by atoms with van der Waals surface area (Å²) in [5, 5.41) is 9.00. The molecule has 0 aliphatic heterocycles. The van der Waals surface area contributed by atoms with Gasteiger partial charge in [0.15, 0.2) is 0 Å². The number of para-hydroxylation sites is 1. The van der Waals surface area contributed by atoms with E-state index in [4.69, 9.17) is 9.84 Å². The van der Waals surface area contributed by atoms with Gasteiger partial charge in [0.1, 0.15) is 11.5 Å². The third kappa shape index (κ3) is 3.16. The molecule has 0 spiro atoms. The van der Waals surface area contributed by atoms with Crippen LogP contribution in [0.3, 0.4) is 0 Å². The summed E-state index contributed by atoms with van der Waals surface area (Å²) < 4.78 is 43.9. The highest BCUT2D eigenvalue weighted by atomic mass is 19.4. The maximum atomic E-state index is 12.9. The second-order valence-corrected chi connectivity index (χ2v) is 4.33. The van der Waals surface area contributed by atoms with Gasteiger partial charge in [-0.3, -0.25) is 0 Å². The summed E-state index contributed by atoms with van der Waals surface area (Å²) in [4.78, 5) is 11.0. The van der Waals surface area contributed by atoms with Gasteiger partial charge in [-0.2, -0.15) is 13.2 Å². The van der Waals surface area contributed by atoms with Crippen molar-refractivity contribution in [1.29, 1.82) is 0 Å². The Kier molecular flexibility index (Phi) is 3.88. The van der Waals surface area contributed by atoms with Crippen LogP contribution in [0.1, 0.15) is 21.5 Å². The molecule has 0 saturated carbocycles. The highest BCUT2D eigenvalue weighted by Gasteiger charge is 2.34. The molecule has 0 radical (unpaired) electrons. The first kappa shape index (κ1) is 14.9. The monoisotopic (exact) mass is 296 g/mol. The highest BCUT2D eigenvalue weighted by molar-refractivity contribution is 5.90. The van der Waals surface area contributed by atoms with Crippen molar-refractivity contribution < 1.29 is 27.8 Å². The number of hydrogen-bond acceptors (Lipinski definition) is 2. The van der Waals surface area contributed by atoms with Crippen LogP contribution in [0.25, 0.3) is 0 Å². The SMILES string of the molecule is Cc1c(Oc2ccccc2C(F)(F)F)cccc1C(=O)O. The van der Waals surface area contributed by atoms with E-state index in [1.165, 1.54) is 43.3 Å². The highest BCUT2D eigenvalue weighted by Crippen LogP contribution is 2.38. The van der Waals surface area contributed by atoms with Crippen LogP contribution in [0.2, 0.25) is 0 Å². The largest absolute Gasteiger partial charge is 0.478 e. The molecular formula is C15H11F3O3. The zero-order chi connectivity index (χ0) is 15.6. The van der Waals surface area contributed by atoms with Crippen molar-refractivity contribution in [3.05, 3.63) is 59.2 Å². The summed E-state index contributed by atoms with van der Waals surface area (Å²) >= 11 is 0. The first-order chi connectivity index (χ1) is 9.80. The van der Waals surface area contributed by atoms with Gasteiger partial charge in [0.2, 0.25) is 0 Å². The molecule has 0 saturated heterocycles. The minimum atomic E-state index is -4.55. The number of rotatable bonds is 3. The molecule has 0 aromatic heterocycles. The van der Waals surface area contributed by atoms with E-state index in [-0.39, 0.29) is 22.6 Å². The van der Waals surface area contributed by atoms with Gasteiger partial charge in [-0.15, -0.1) is 0 Å². The Bertz CT molecular complexity index is 678. The lowest BCUT2D eigenvalue weighted by Crippen LogP contribution is -2.07. The first-order valence-corrected chi connectivity index (χ1v) is 5.97. The van der Waals surface area contributed by atoms with E-state index in [0.29, 0.717) is 0 Å². The number of hydrogen-bond donors (Lipinski definition) is 1. The van der Waals surface area contributed by atoms with Gasteiger partial charge >= 0.3 is 12.1 Å². The zero-order valence-corrected chi connectivity index (χ0v) is 10.9. The molecule has 2 aromatic carbocycles. The Hall–Kier alpha value is -2.50. The van der Waals surface area contributed by atoms with Gasteiger partial charge in [-0.25, -0.2) is 4.79 Å². The molecule has 110 valence electrons. The fourth-order valence-corrected chi connectivity index (χ4v) is 1.87. The van der Waals surface area contributed by atoms with Gasteiger partial charge in [-0.1, -0.05) is 18.2 Å². The van der Waals surface area contributed by atoms with Crippen LogP contribution in [-0.2, 0) is 6.18 Å². The number of carboxylic acids is 1. The molecule has 2 aromatic rings. The van der Waals surface area contributed by atoms with Crippen LogP contribution in [0.15, 0.2) is 42.5 Å². The van der Waals surface area contributed by atoms with Crippen LogP contribution < -0.4 is 4.74 Å². The van der Waals surface area contributed by atoms with Crippen LogP contribution in [-0.4, -0.2) is 11.1 Å². The summed E-state index contributed by atoms with van der Waals surface area (Å²) in [6, 6.07) is 8.98. The molecule has 2 rings (SSSR count). The Morgan fingerprint density at radius 1 is 1.05 bits per heavy atom. The summed E-state index contributed by atoms with van der Waals surface area (Å²) in [5.41, 5.74) is -0.663. The predicted molar refractivity (Wildman–Crippen MR) is 69.7 cm³/mol. The van der Waals surface area contributed by atoms with Gasteiger partial charge in [0.05, 0.1) is 11.1 Å². The molecule has 0 bridgehead atoms. The zero-order valence-electron chi connectivity index (χ0n) is 10.9. The number of halogens is 3. The second-order valence-electron chi connectivity index (χ2n) is 4.33. The van der Waals surface area contributed by atoms with E-state index in [2.05, 4.69) is 0 Å². The van der Waals surface area contributed by atoms with E-state index in [0.717, 1.165) is 6.07 Å². The minimum Gasteiger partial charge on any atom is -0.478 e. The number of benzene rings is 2. The number of carbonyl (C=O) groups is 1. The molecule has 0 fully saturated rings. The van der Waals surface area contributed by atoms with E-state index < -0.39 is 17.7 Å². The lowest BCUT2D eigenvalue weighted by molar-refractivity contribution is -0.138. The van der Waals surface area contributed by atoms with Crippen molar-refractivity contribution in [1.82, 2.24) is 0 Å². The lowest BCUT2D eigenvalue weighted by atomic mass is 10.1. The van der Waals surface area contributed by atoms with E-state index >= 15 is 0 Å². The maximum absolute atomic E-state index is 12.9. The number of aromatic carboxylic acids is 1. The molecule has 0 amide bonds. The number of alkyl halides is 3. The standard InChI is InChI=1S/C15H11F3O3/c1-9-10(14(19)20)5-4-8-12(9)21-13-7-3-2-6-11(13)15(16,17)18/h2-8H,1H3,(H,19,20). The summed E-state index contributed by atoms with van der Waals surface area (Å²) in [5.74, 6) is -1.45. The Morgan fingerprint density at radius 2 is 1.67 bits per heavy atom. The minimum absolute atomic E-state index is 0.0167. The van der Waals surface area contributed by atoms with E-state index in [1.807, 2.05) is 0 Å². The van der Waals surface area contributed by atoms with Crippen molar-refractivity contribution in [3.8, 4) is 11.5 Å². The average Bonchev–Trinajstić information content (AvgIpc) is 2.40. The molecule has 0 unspecified atom stereocenters. The topological polar surface area (TPSA) is 46.5 Å². The quantitative estimate of drug-likeness (QED) is 0.906. The Morgan fingerprint density at radius 3 is 2.29 bits per heavy atom. The lowest BCUT2D eigenvalue weighted by Gasteiger charge is -2.15. The van der Waals surface area contributed by atoms with Gasteiger partial charge in [-0.05, 0) is 31.2 Å².